The summed E-state index contributed by atoms with van der Waals surface area (Å²) in [6.45, 7) is 0.413. The van der Waals surface area contributed by atoms with Crippen LogP contribution in [0, 0.1) is 11.7 Å². The van der Waals surface area contributed by atoms with Crippen molar-refractivity contribution in [1.82, 2.24) is 4.72 Å². The number of nitrogens with two attached hydrogens (primary N) is 1. The van der Waals surface area contributed by atoms with Crippen LogP contribution in [-0.2, 0) is 10.0 Å². The average Bonchev–Trinajstić information content (AvgIpc) is 2.44. The van der Waals surface area contributed by atoms with Gasteiger partial charge in [0.25, 0.3) is 0 Å². The lowest BCUT2D eigenvalue weighted by molar-refractivity contribution is 0.296. The Labute approximate surface area is 146 Å². The minimum Gasteiger partial charge on any atom is -0.330 e. The lowest BCUT2D eigenvalue weighted by Gasteiger charge is -2.31. The van der Waals surface area contributed by atoms with Crippen LogP contribution in [0.5, 0.6) is 0 Å². The first-order valence-electron chi connectivity index (χ1n) is 6.72. The molecule has 1 saturated carbocycles. The zero-order valence-corrected chi connectivity index (χ0v) is 14.8. The van der Waals surface area contributed by atoms with Crippen LogP contribution in [0.15, 0.2) is 17.0 Å². The summed E-state index contributed by atoms with van der Waals surface area (Å²) in [5.74, 6) is -0.843. The van der Waals surface area contributed by atoms with E-state index in [9.17, 15) is 12.8 Å². The number of nitrogens with one attached hydrogen (secondary N) is 1. The second-order valence-corrected chi connectivity index (χ2v) is 7.65. The average molecular weight is 392 g/mol. The summed E-state index contributed by atoms with van der Waals surface area (Å²) in [5, 5.41) is -0.702. The topological polar surface area (TPSA) is 72.2 Å². The summed E-state index contributed by atoms with van der Waals surface area (Å²) < 4.78 is 41.1. The van der Waals surface area contributed by atoms with Crippen LogP contribution < -0.4 is 10.5 Å². The predicted molar refractivity (Wildman–Crippen MR) is 88.8 cm³/mol. The second kappa shape index (κ2) is 8.13. The van der Waals surface area contributed by atoms with Crippen LogP contribution >= 0.6 is 35.6 Å². The van der Waals surface area contributed by atoms with Gasteiger partial charge in [-0.2, -0.15) is 0 Å². The SMILES string of the molecule is Cl.NCC1CCCCC1NS(=O)(=O)c1ccc(Cl)c(F)c1Cl. The summed E-state index contributed by atoms with van der Waals surface area (Å²) in [6, 6.07) is 2.14. The number of sulfonamides is 1. The minimum atomic E-state index is -3.91. The van der Waals surface area contributed by atoms with Crippen molar-refractivity contribution in [2.24, 2.45) is 11.7 Å². The Hall–Kier alpha value is -0.110. The van der Waals surface area contributed by atoms with Gasteiger partial charge in [0.1, 0.15) is 4.90 Å². The molecule has 2 atom stereocenters. The molecule has 0 aliphatic heterocycles. The van der Waals surface area contributed by atoms with Crippen molar-refractivity contribution in [2.45, 2.75) is 36.6 Å². The molecule has 0 aromatic heterocycles. The summed E-state index contributed by atoms with van der Waals surface area (Å²) >= 11 is 11.3. The van der Waals surface area contributed by atoms with Crippen molar-refractivity contribution in [1.29, 1.82) is 0 Å². The molecule has 0 heterocycles. The van der Waals surface area contributed by atoms with E-state index in [1.54, 1.807) is 0 Å². The van der Waals surface area contributed by atoms with E-state index in [-0.39, 0.29) is 34.3 Å². The highest BCUT2D eigenvalue weighted by Gasteiger charge is 2.30. The minimum absolute atomic E-state index is 0. The molecule has 0 spiro atoms. The Balaban J connectivity index is 0.00000242. The van der Waals surface area contributed by atoms with Gasteiger partial charge in [-0.1, -0.05) is 36.0 Å². The number of benzene rings is 1. The lowest BCUT2D eigenvalue weighted by atomic mass is 9.85. The monoisotopic (exact) mass is 390 g/mol. The summed E-state index contributed by atoms with van der Waals surface area (Å²) in [4.78, 5) is -0.299. The summed E-state index contributed by atoms with van der Waals surface area (Å²) in [6.07, 6.45) is 3.57. The van der Waals surface area contributed by atoms with E-state index in [1.165, 1.54) is 12.1 Å². The Bertz CT molecular complexity index is 628. The highest BCUT2D eigenvalue weighted by atomic mass is 35.5. The number of halogens is 4. The first-order chi connectivity index (χ1) is 9.86. The van der Waals surface area contributed by atoms with E-state index in [2.05, 4.69) is 4.72 Å². The second-order valence-electron chi connectivity index (χ2n) is 5.18. The van der Waals surface area contributed by atoms with Gasteiger partial charge in [0.05, 0.1) is 10.0 Å². The fraction of sp³-hybridized carbons (Fsp3) is 0.538. The van der Waals surface area contributed by atoms with Crippen LogP contribution in [0.2, 0.25) is 10.0 Å². The molecule has 0 amide bonds. The third-order valence-corrected chi connectivity index (χ3v) is 6.11. The first kappa shape index (κ1) is 19.9. The maximum Gasteiger partial charge on any atom is 0.242 e. The van der Waals surface area contributed by atoms with Gasteiger partial charge in [0.15, 0.2) is 5.82 Å². The van der Waals surface area contributed by atoms with Gasteiger partial charge in [-0.05, 0) is 37.4 Å². The normalized spacial score (nSPS) is 22.2. The van der Waals surface area contributed by atoms with E-state index in [0.29, 0.717) is 6.54 Å². The molecular formula is C13H18Cl3FN2O2S. The highest BCUT2D eigenvalue weighted by molar-refractivity contribution is 7.89. The molecule has 1 aliphatic carbocycles. The quantitative estimate of drug-likeness (QED) is 0.773. The van der Waals surface area contributed by atoms with Gasteiger partial charge in [-0.15, -0.1) is 12.4 Å². The number of hydrogen-bond donors (Lipinski definition) is 2. The summed E-state index contributed by atoms with van der Waals surface area (Å²) in [7, 11) is -3.91. The molecule has 2 rings (SSSR count). The smallest absolute Gasteiger partial charge is 0.242 e. The molecule has 1 aromatic carbocycles. The van der Waals surface area contributed by atoms with E-state index in [4.69, 9.17) is 28.9 Å². The van der Waals surface area contributed by atoms with E-state index < -0.39 is 20.9 Å². The van der Waals surface area contributed by atoms with Gasteiger partial charge in [-0.25, -0.2) is 17.5 Å². The number of hydrogen-bond acceptors (Lipinski definition) is 3. The highest BCUT2D eigenvalue weighted by Crippen LogP contribution is 2.31. The van der Waals surface area contributed by atoms with E-state index in [0.717, 1.165) is 25.7 Å². The fourth-order valence-corrected chi connectivity index (χ4v) is 4.71. The Kier molecular flexibility index (Phi) is 7.36. The molecule has 4 nitrogen and oxygen atoms in total. The van der Waals surface area contributed by atoms with Crippen molar-refractivity contribution >= 4 is 45.6 Å². The molecule has 1 aliphatic rings. The predicted octanol–water partition coefficient (Wildman–Crippen LogP) is 3.35. The Morgan fingerprint density at radius 3 is 2.55 bits per heavy atom. The molecule has 0 saturated heterocycles. The van der Waals surface area contributed by atoms with Crippen LogP contribution in [0.1, 0.15) is 25.7 Å². The molecule has 1 fully saturated rings. The standard InChI is InChI=1S/C13H17Cl2FN2O2S.ClH/c14-9-5-6-11(12(15)13(9)16)21(19,20)18-10-4-2-1-3-8(10)7-17;/h5-6,8,10,18H,1-4,7,17H2;1H. The Morgan fingerprint density at radius 1 is 1.27 bits per heavy atom. The molecule has 0 radical (unpaired) electrons. The van der Waals surface area contributed by atoms with Crippen LogP contribution in [0.25, 0.3) is 0 Å². The van der Waals surface area contributed by atoms with Crippen LogP contribution in [0.3, 0.4) is 0 Å². The maximum absolute atomic E-state index is 13.7. The molecule has 0 bridgehead atoms. The van der Waals surface area contributed by atoms with Crippen LogP contribution in [-0.4, -0.2) is 21.0 Å². The lowest BCUT2D eigenvalue weighted by Crippen LogP contribution is -2.44. The van der Waals surface area contributed by atoms with Gasteiger partial charge in [0, 0.05) is 6.04 Å². The molecule has 1 aromatic rings. The zero-order chi connectivity index (χ0) is 15.6. The van der Waals surface area contributed by atoms with E-state index in [1.807, 2.05) is 0 Å². The molecule has 126 valence electrons. The van der Waals surface area contributed by atoms with Gasteiger partial charge < -0.3 is 5.73 Å². The molecule has 2 unspecified atom stereocenters. The molecule has 9 heteroatoms. The molecule has 22 heavy (non-hydrogen) atoms. The van der Waals surface area contributed by atoms with Crippen molar-refractivity contribution in [3.8, 4) is 0 Å². The van der Waals surface area contributed by atoms with Crippen molar-refractivity contribution < 1.29 is 12.8 Å². The third-order valence-electron chi connectivity index (χ3n) is 3.81. The van der Waals surface area contributed by atoms with Gasteiger partial charge >= 0.3 is 0 Å². The van der Waals surface area contributed by atoms with E-state index >= 15 is 0 Å². The third kappa shape index (κ3) is 4.24. The molecular weight excluding hydrogens is 374 g/mol. The summed E-state index contributed by atoms with van der Waals surface area (Å²) in [5.41, 5.74) is 5.69. The number of rotatable bonds is 4. The maximum atomic E-state index is 13.7. The van der Waals surface area contributed by atoms with Crippen molar-refractivity contribution in [2.75, 3.05) is 6.54 Å². The zero-order valence-electron chi connectivity index (χ0n) is 11.7. The van der Waals surface area contributed by atoms with Gasteiger partial charge in [0.2, 0.25) is 10.0 Å². The largest absolute Gasteiger partial charge is 0.330 e. The van der Waals surface area contributed by atoms with Crippen molar-refractivity contribution in [3.63, 3.8) is 0 Å². The van der Waals surface area contributed by atoms with Crippen molar-refractivity contribution in [3.05, 3.63) is 28.0 Å². The van der Waals surface area contributed by atoms with Crippen LogP contribution in [0.4, 0.5) is 4.39 Å². The van der Waals surface area contributed by atoms with Gasteiger partial charge in [-0.3, -0.25) is 0 Å². The first-order valence-corrected chi connectivity index (χ1v) is 8.96. The molecule has 3 N–H and O–H groups in total. The Morgan fingerprint density at radius 2 is 1.91 bits per heavy atom. The fourth-order valence-electron chi connectivity index (χ4n) is 2.62.